The van der Waals surface area contributed by atoms with Crippen molar-refractivity contribution in [2.24, 2.45) is 0 Å². The van der Waals surface area contributed by atoms with Gasteiger partial charge < -0.3 is 15.1 Å². The Morgan fingerprint density at radius 1 is 0.909 bits per heavy atom. The fourth-order valence-electron chi connectivity index (χ4n) is 0.342. The molecule has 0 saturated carbocycles. The average molecular weight is 162 g/mol. The predicted molar refractivity (Wildman–Crippen MR) is 37.7 cm³/mol. The quantitative estimate of drug-likeness (QED) is 0.273. The average Bonchev–Trinajstić information content (AvgIpc) is 1.90. The standard InChI is InChI=1S/C6H5.BH3O3.Na/c1-2-4-6-5-3-1;2-1(3)4;/h1-5H;2-4H;/q-1;;+1. The number of benzene rings is 1. The van der Waals surface area contributed by atoms with Crippen LogP contribution < -0.4 is 29.6 Å². The van der Waals surface area contributed by atoms with E-state index >= 15 is 0 Å². The molecule has 0 saturated heterocycles. The van der Waals surface area contributed by atoms with Gasteiger partial charge in [0.2, 0.25) is 0 Å². The van der Waals surface area contributed by atoms with E-state index in [9.17, 15) is 0 Å². The van der Waals surface area contributed by atoms with Crippen LogP contribution in [0, 0.1) is 6.07 Å². The smallest absolute Gasteiger partial charge is 0.402 e. The van der Waals surface area contributed by atoms with Gasteiger partial charge in [0, 0.05) is 0 Å². The Morgan fingerprint density at radius 3 is 1.36 bits per heavy atom. The molecule has 3 N–H and O–H groups in total. The molecule has 0 radical (unpaired) electrons. The molecule has 0 fully saturated rings. The summed E-state index contributed by atoms with van der Waals surface area (Å²) in [6.45, 7) is 0. The molecule has 1 rings (SSSR count). The van der Waals surface area contributed by atoms with E-state index in [1.807, 2.05) is 30.3 Å². The molecule has 0 heterocycles. The van der Waals surface area contributed by atoms with E-state index in [0.29, 0.717) is 0 Å². The zero-order valence-electron chi connectivity index (χ0n) is 6.31. The van der Waals surface area contributed by atoms with E-state index in [2.05, 4.69) is 6.07 Å². The molecular weight excluding hydrogens is 154 g/mol. The third kappa shape index (κ3) is 17.8. The fourth-order valence-corrected chi connectivity index (χ4v) is 0.342. The molecule has 54 valence electrons. The van der Waals surface area contributed by atoms with Crippen LogP contribution in [0.3, 0.4) is 0 Å². The van der Waals surface area contributed by atoms with Crippen molar-refractivity contribution in [3.63, 3.8) is 0 Å². The molecule has 1 aromatic carbocycles. The number of hydrogen-bond acceptors (Lipinski definition) is 3. The molecule has 1 aromatic rings. The molecule has 0 aliphatic rings. The van der Waals surface area contributed by atoms with Gasteiger partial charge in [-0.2, -0.15) is 36.4 Å². The summed E-state index contributed by atoms with van der Waals surface area (Å²) < 4.78 is 0. The van der Waals surface area contributed by atoms with Crippen molar-refractivity contribution in [2.45, 2.75) is 0 Å². The SMILES string of the molecule is OB(O)O.[Na+].[c-]1ccccc1. The summed E-state index contributed by atoms with van der Waals surface area (Å²) in [7, 11) is -2.17. The van der Waals surface area contributed by atoms with Crippen molar-refractivity contribution in [2.75, 3.05) is 0 Å². The summed E-state index contributed by atoms with van der Waals surface area (Å²) in [6, 6.07) is 12.5. The zero-order chi connectivity index (χ0) is 7.82. The van der Waals surface area contributed by atoms with Crippen molar-refractivity contribution in [3.05, 3.63) is 36.4 Å². The van der Waals surface area contributed by atoms with E-state index in [1.165, 1.54) is 0 Å². The Morgan fingerprint density at radius 2 is 1.27 bits per heavy atom. The molecule has 0 aromatic heterocycles. The van der Waals surface area contributed by atoms with Crippen LogP contribution in [0.25, 0.3) is 0 Å². The summed E-state index contributed by atoms with van der Waals surface area (Å²) in [6.07, 6.45) is 0. The van der Waals surface area contributed by atoms with Crippen LogP contribution in [0.4, 0.5) is 0 Å². The van der Waals surface area contributed by atoms with E-state index < -0.39 is 7.32 Å². The normalized spacial score (nSPS) is 6.82. The van der Waals surface area contributed by atoms with Crippen molar-refractivity contribution in [1.82, 2.24) is 0 Å². The predicted octanol–water partition coefficient (Wildman–Crippen LogP) is -3.56. The second-order valence-electron chi connectivity index (χ2n) is 1.42. The summed E-state index contributed by atoms with van der Waals surface area (Å²) >= 11 is 0. The first-order valence-corrected chi connectivity index (χ1v) is 2.69. The van der Waals surface area contributed by atoms with E-state index in [1.54, 1.807) is 0 Å². The van der Waals surface area contributed by atoms with Crippen LogP contribution in [0.15, 0.2) is 30.3 Å². The van der Waals surface area contributed by atoms with Gasteiger partial charge in [-0.25, -0.2) is 0 Å². The molecule has 0 atom stereocenters. The van der Waals surface area contributed by atoms with Crippen molar-refractivity contribution >= 4 is 7.32 Å². The van der Waals surface area contributed by atoms with Gasteiger partial charge in [0.1, 0.15) is 0 Å². The Bertz CT molecular complexity index is 118. The third-order valence-electron chi connectivity index (χ3n) is 0.607. The van der Waals surface area contributed by atoms with Gasteiger partial charge in [-0.3, -0.25) is 0 Å². The Labute approximate surface area is 88.2 Å². The van der Waals surface area contributed by atoms with Gasteiger partial charge in [-0.15, -0.1) is 0 Å². The minimum Gasteiger partial charge on any atom is -0.402 e. The van der Waals surface area contributed by atoms with Crippen LogP contribution in [0.5, 0.6) is 0 Å². The van der Waals surface area contributed by atoms with Crippen LogP contribution >= 0.6 is 0 Å². The van der Waals surface area contributed by atoms with E-state index in [0.717, 1.165) is 0 Å². The summed E-state index contributed by atoms with van der Waals surface area (Å²) in [5, 5.41) is 21.5. The maximum Gasteiger partial charge on any atom is 1.00 e. The van der Waals surface area contributed by atoms with E-state index in [-0.39, 0.29) is 29.6 Å². The van der Waals surface area contributed by atoms with Crippen LogP contribution in [0.1, 0.15) is 0 Å². The first-order chi connectivity index (χ1) is 4.73. The molecule has 3 nitrogen and oxygen atoms in total. The van der Waals surface area contributed by atoms with Crippen LogP contribution in [0.2, 0.25) is 0 Å². The Kier molecular flexibility index (Phi) is 12.7. The first-order valence-electron chi connectivity index (χ1n) is 2.69. The van der Waals surface area contributed by atoms with Gasteiger partial charge in [-0.05, 0) is 0 Å². The zero-order valence-corrected chi connectivity index (χ0v) is 8.31. The number of hydrogen-bond donors (Lipinski definition) is 3. The summed E-state index contributed by atoms with van der Waals surface area (Å²) in [5.41, 5.74) is 0. The second-order valence-corrected chi connectivity index (χ2v) is 1.42. The Balaban J connectivity index is 0. The molecule has 0 amide bonds. The molecule has 0 spiro atoms. The number of rotatable bonds is 0. The van der Waals surface area contributed by atoms with Crippen LogP contribution in [-0.4, -0.2) is 22.4 Å². The minimum atomic E-state index is -2.17. The van der Waals surface area contributed by atoms with Gasteiger partial charge in [0.05, 0.1) is 0 Å². The monoisotopic (exact) mass is 162 g/mol. The summed E-state index contributed by atoms with van der Waals surface area (Å²) in [5.74, 6) is 0. The molecule has 11 heavy (non-hydrogen) atoms. The third-order valence-corrected chi connectivity index (χ3v) is 0.607. The van der Waals surface area contributed by atoms with Crippen molar-refractivity contribution in [1.29, 1.82) is 0 Å². The van der Waals surface area contributed by atoms with E-state index in [4.69, 9.17) is 15.1 Å². The van der Waals surface area contributed by atoms with Crippen molar-refractivity contribution in [3.8, 4) is 0 Å². The maximum absolute atomic E-state index is 7.17. The second kappa shape index (κ2) is 10.2. The topological polar surface area (TPSA) is 60.7 Å². The van der Waals surface area contributed by atoms with Gasteiger partial charge in [0.25, 0.3) is 0 Å². The first kappa shape index (κ1) is 13.7. The molecule has 5 heteroatoms. The molecule has 0 unspecified atom stereocenters. The maximum atomic E-state index is 7.17. The van der Waals surface area contributed by atoms with Gasteiger partial charge in [-0.1, -0.05) is 0 Å². The van der Waals surface area contributed by atoms with Crippen LogP contribution in [-0.2, 0) is 0 Å². The van der Waals surface area contributed by atoms with Gasteiger partial charge in [0.15, 0.2) is 0 Å². The largest absolute Gasteiger partial charge is 1.00 e. The molecule has 0 aliphatic heterocycles. The fraction of sp³-hybridized carbons (Fsp3) is 0. The minimum absolute atomic E-state index is 0. The van der Waals surface area contributed by atoms with Gasteiger partial charge >= 0.3 is 36.9 Å². The van der Waals surface area contributed by atoms with Crippen molar-refractivity contribution < 1.29 is 44.6 Å². The Hall–Kier alpha value is 0.165. The molecule has 0 aliphatic carbocycles. The summed E-state index contributed by atoms with van der Waals surface area (Å²) in [4.78, 5) is 0. The molecular formula is C6H8BNaO3. The molecule has 0 bridgehead atoms.